The van der Waals surface area contributed by atoms with Gasteiger partial charge in [-0.05, 0) is 43.9 Å². The zero-order valence-corrected chi connectivity index (χ0v) is 11.2. The maximum absolute atomic E-state index is 13.8. The average Bonchev–Trinajstić information content (AvgIpc) is 2.45. The minimum atomic E-state index is -1.45. The van der Waals surface area contributed by atoms with Crippen molar-refractivity contribution < 1.29 is 18.0 Å². The molecule has 0 bridgehead atoms. The Morgan fingerprint density at radius 1 is 1.35 bits per heavy atom. The lowest BCUT2D eigenvalue weighted by Crippen LogP contribution is -2.48. The molecule has 1 saturated heterocycles. The van der Waals surface area contributed by atoms with Gasteiger partial charge in [0.1, 0.15) is 0 Å². The van der Waals surface area contributed by atoms with Crippen LogP contribution >= 0.6 is 0 Å². The van der Waals surface area contributed by atoms with Gasteiger partial charge in [-0.25, -0.2) is 13.2 Å². The minimum absolute atomic E-state index is 0.139. The Labute approximate surface area is 115 Å². The Kier molecular flexibility index (Phi) is 4.65. The Morgan fingerprint density at radius 3 is 2.80 bits per heavy atom. The van der Waals surface area contributed by atoms with Crippen molar-refractivity contribution in [3.8, 4) is 0 Å². The summed E-state index contributed by atoms with van der Waals surface area (Å²) < 4.78 is 40.0. The molecular weight excluding hydrogens is 269 g/mol. The zero-order valence-electron chi connectivity index (χ0n) is 11.2. The first-order valence-electron chi connectivity index (χ1n) is 6.69. The second-order valence-corrected chi connectivity index (χ2v) is 4.89. The van der Waals surface area contributed by atoms with Crippen LogP contribution in [0, 0.1) is 17.5 Å². The van der Waals surface area contributed by atoms with E-state index in [1.54, 1.807) is 0 Å². The van der Waals surface area contributed by atoms with Crippen LogP contribution in [0.4, 0.5) is 13.2 Å². The summed E-state index contributed by atoms with van der Waals surface area (Å²) in [6.07, 6.45) is 0.950. The first-order chi connectivity index (χ1) is 9.54. The van der Waals surface area contributed by atoms with Gasteiger partial charge in [-0.1, -0.05) is 6.07 Å². The van der Waals surface area contributed by atoms with Crippen LogP contribution in [-0.2, 0) is 4.79 Å². The van der Waals surface area contributed by atoms with Gasteiger partial charge in [0.25, 0.3) is 0 Å². The molecule has 1 amide bonds. The third-order valence-corrected chi connectivity index (χ3v) is 3.58. The number of hydrogen-bond donors (Lipinski definition) is 2. The van der Waals surface area contributed by atoms with E-state index in [-0.39, 0.29) is 17.4 Å². The minimum Gasteiger partial charge on any atom is -0.355 e. The van der Waals surface area contributed by atoms with E-state index in [2.05, 4.69) is 10.6 Å². The van der Waals surface area contributed by atoms with Crippen LogP contribution in [0.25, 0.3) is 0 Å². The molecular formula is C14H17F3N2O. The molecule has 1 fully saturated rings. The predicted molar refractivity (Wildman–Crippen MR) is 68.8 cm³/mol. The summed E-state index contributed by atoms with van der Waals surface area (Å²) in [7, 11) is 0. The van der Waals surface area contributed by atoms with Gasteiger partial charge in [-0.2, -0.15) is 0 Å². The number of halogens is 3. The highest BCUT2D eigenvalue weighted by Crippen LogP contribution is 2.31. The van der Waals surface area contributed by atoms with Gasteiger partial charge >= 0.3 is 0 Å². The average molecular weight is 286 g/mol. The molecule has 1 heterocycles. The Bertz CT molecular complexity index is 507. The van der Waals surface area contributed by atoms with E-state index in [0.29, 0.717) is 25.9 Å². The summed E-state index contributed by atoms with van der Waals surface area (Å²) in [5, 5.41) is 5.74. The number of benzene rings is 1. The van der Waals surface area contributed by atoms with Gasteiger partial charge in [0.05, 0.1) is 6.04 Å². The molecule has 2 N–H and O–H groups in total. The van der Waals surface area contributed by atoms with Crippen LogP contribution in [0.3, 0.4) is 0 Å². The van der Waals surface area contributed by atoms with E-state index < -0.39 is 23.5 Å². The van der Waals surface area contributed by atoms with Crippen molar-refractivity contribution in [3.05, 3.63) is 35.1 Å². The maximum atomic E-state index is 13.8. The Hall–Kier alpha value is -1.56. The molecule has 0 aliphatic carbocycles. The van der Waals surface area contributed by atoms with Crippen molar-refractivity contribution in [2.24, 2.45) is 0 Å². The van der Waals surface area contributed by atoms with Crippen molar-refractivity contribution >= 4 is 5.91 Å². The van der Waals surface area contributed by atoms with E-state index in [1.807, 2.05) is 6.92 Å². The van der Waals surface area contributed by atoms with Gasteiger partial charge in [0, 0.05) is 6.54 Å². The molecule has 20 heavy (non-hydrogen) atoms. The van der Waals surface area contributed by atoms with Gasteiger partial charge in [0.15, 0.2) is 17.5 Å². The number of likely N-dealkylation sites (N-methyl/N-ethyl adjacent to an activating group) is 1. The fraction of sp³-hybridized carbons (Fsp3) is 0.500. The topological polar surface area (TPSA) is 41.1 Å². The second kappa shape index (κ2) is 6.26. The molecule has 0 spiro atoms. The summed E-state index contributed by atoms with van der Waals surface area (Å²) in [6.45, 7) is 2.86. The molecule has 1 aliphatic heterocycles. The lowest BCUT2D eigenvalue weighted by atomic mass is 9.85. The lowest BCUT2D eigenvalue weighted by Gasteiger charge is -2.30. The van der Waals surface area contributed by atoms with Crippen LogP contribution < -0.4 is 10.6 Å². The molecule has 110 valence electrons. The SMILES string of the molecule is CCNC(=O)C1CC(c2ccc(F)c(F)c2F)CCN1. The maximum Gasteiger partial charge on any atom is 0.237 e. The fourth-order valence-electron chi connectivity index (χ4n) is 2.55. The van der Waals surface area contributed by atoms with Crippen LogP contribution in [0.1, 0.15) is 31.2 Å². The van der Waals surface area contributed by atoms with Crippen LogP contribution in [-0.4, -0.2) is 25.0 Å². The Balaban J connectivity index is 2.17. The summed E-state index contributed by atoms with van der Waals surface area (Å²) in [5.41, 5.74) is 0.139. The summed E-state index contributed by atoms with van der Waals surface area (Å²) >= 11 is 0. The highest BCUT2D eigenvalue weighted by molar-refractivity contribution is 5.81. The van der Waals surface area contributed by atoms with E-state index in [0.717, 1.165) is 6.07 Å². The van der Waals surface area contributed by atoms with Gasteiger partial charge in [0.2, 0.25) is 5.91 Å². The quantitative estimate of drug-likeness (QED) is 0.835. The number of piperidine rings is 1. The predicted octanol–water partition coefficient (Wildman–Crippen LogP) is 2.08. The normalized spacial score (nSPS) is 22.6. The molecule has 6 heteroatoms. The monoisotopic (exact) mass is 286 g/mol. The molecule has 1 aromatic carbocycles. The first kappa shape index (κ1) is 14.8. The molecule has 2 atom stereocenters. The van der Waals surface area contributed by atoms with Crippen molar-refractivity contribution in [1.82, 2.24) is 10.6 Å². The lowest BCUT2D eigenvalue weighted by molar-refractivity contribution is -0.123. The van der Waals surface area contributed by atoms with Crippen LogP contribution in [0.15, 0.2) is 12.1 Å². The fourth-order valence-corrected chi connectivity index (χ4v) is 2.55. The highest BCUT2D eigenvalue weighted by atomic mass is 19.2. The third kappa shape index (κ3) is 2.95. The number of nitrogens with one attached hydrogen (secondary N) is 2. The molecule has 0 aromatic heterocycles. The standard InChI is InChI=1S/C14H17F3N2O/c1-2-18-14(20)11-7-8(5-6-19-11)9-3-4-10(15)13(17)12(9)16/h3-4,8,11,19H,2,5-7H2,1H3,(H,18,20). The zero-order chi connectivity index (χ0) is 14.7. The summed E-state index contributed by atoms with van der Waals surface area (Å²) in [6, 6.07) is 1.76. The van der Waals surface area contributed by atoms with Gasteiger partial charge in [-0.15, -0.1) is 0 Å². The smallest absolute Gasteiger partial charge is 0.237 e. The Morgan fingerprint density at radius 2 is 2.10 bits per heavy atom. The van der Waals surface area contributed by atoms with Crippen molar-refractivity contribution in [1.29, 1.82) is 0 Å². The van der Waals surface area contributed by atoms with Crippen LogP contribution in [0.5, 0.6) is 0 Å². The number of carbonyl (C=O) groups excluding carboxylic acids is 1. The molecule has 0 radical (unpaired) electrons. The number of amides is 1. The molecule has 1 aromatic rings. The molecule has 2 unspecified atom stereocenters. The molecule has 3 nitrogen and oxygen atoms in total. The van der Waals surface area contributed by atoms with Crippen molar-refractivity contribution in [3.63, 3.8) is 0 Å². The van der Waals surface area contributed by atoms with Crippen LogP contribution in [0.2, 0.25) is 0 Å². The second-order valence-electron chi connectivity index (χ2n) is 4.89. The molecule has 0 saturated carbocycles. The first-order valence-corrected chi connectivity index (χ1v) is 6.69. The van der Waals surface area contributed by atoms with E-state index in [4.69, 9.17) is 0 Å². The van der Waals surface area contributed by atoms with Crippen molar-refractivity contribution in [2.75, 3.05) is 13.1 Å². The number of carbonyl (C=O) groups is 1. The van der Waals surface area contributed by atoms with E-state index >= 15 is 0 Å². The van der Waals surface area contributed by atoms with Gasteiger partial charge in [-0.3, -0.25) is 4.79 Å². The third-order valence-electron chi connectivity index (χ3n) is 3.58. The highest BCUT2D eigenvalue weighted by Gasteiger charge is 2.30. The van der Waals surface area contributed by atoms with E-state index in [1.165, 1.54) is 6.07 Å². The summed E-state index contributed by atoms with van der Waals surface area (Å²) in [4.78, 5) is 11.8. The van der Waals surface area contributed by atoms with Crippen molar-refractivity contribution in [2.45, 2.75) is 31.7 Å². The molecule has 1 aliphatic rings. The molecule has 2 rings (SSSR count). The largest absolute Gasteiger partial charge is 0.355 e. The summed E-state index contributed by atoms with van der Waals surface area (Å²) in [5.74, 6) is -4.23. The number of hydrogen-bond acceptors (Lipinski definition) is 2. The van der Waals surface area contributed by atoms with E-state index in [9.17, 15) is 18.0 Å². The van der Waals surface area contributed by atoms with Gasteiger partial charge < -0.3 is 10.6 Å². The number of rotatable bonds is 3.